The molecule has 0 saturated carbocycles. The third kappa shape index (κ3) is 1.70. The van der Waals surface area contributed by atoms with Crippen molar-refractivity contribution in [2.45, 2.75) is 0 Å². The van der Waals surface area contributed by atoms with Crippen LogP contribution in [0.5, 0.6) is 0 Å². The summed E-state index contributed by atoms with van der Waals surface area (Å²) in [6.07, 6.45) is 0. The number of hydrogen-bond acceptors (Lipinski definition) is 2. The van der Waals surface area contributed by atoms with Gasteiger partial charge >= 0.3 is 0 Å². The molecule has 1 aromatic carbocycles. The Labute approximate surface area is 77.9 Å². The number of hydrogen-bond donors (Lipinski definition) is 2. The van der Waals surface area contributed by atoms with E-state index in [2.05, 4.69) is 5.32 Å². The maximum absolute atomic E-state index is 7.75. The number of amidine groups is 1. The lowest BCUT2D eigenvalue weighted by Gasteiger charge is -2.29. The highest BCUT2D eigenvalue weighted by atomic mass is 15.2. The molecule has 0 atom stereocenters. The van der Waals surface area contributed by atoms with E-state index in [1.54, 1.807) is 0 Å². The average molecular weight is 175 g/mol. The van der Waals surface area contributed by atoms with Crippen LogP contribution in [0.3, 0.4) is 0 Å². The summed E-state index contributed by atoms with van der Waals surface area (Å²) in [6.45, 7) is 2.52. The van der Waals surface area contributed by atoms with Gasteiger partial charge in [0.2, 0.25) is 0 Å². The van der Waals surface area contributed by atoms with Crippen molar-refractivity contribution in [1.29, 1.82) is 5.41 Å². The zero-order valence-electron chi connectivity index (χ0n) is 7.46. The zero-order valence-corrected chi connectivity index (χ0v) is 7.46. The van der Waals surface area contributed by atoms with E-state index in [0.717, 1.165) is 18.8 Å². The van der Waals surface area contributed by atoms with Crippen LogP contribution >= 0.6 is 0 Å². The molecule has 1 aliphatic heterocycles. The van der Waals surface area contributed by atoms with Crippen molar-refractivity contribution < 1.29 is 0 Å². The van der Waals surface area contributed by atoms with Crippen LogP contribution in [0.2, 0.25) is 0 Å². The Balaban J connectivity index is 2.20. The summed E-state index contributed by atoms with van der Waals surface area (Å²) in [6, 6.07) is 10.1. The molecule has 0 aliphatic carbocycles. The van der Waals surface area contributed by atoms with Crippen molar-refractivity contribution in [3.8, 4) is 0 Å². The molecule has 3 nitrogen and oxygen atoms in total. The van der Waals surface area contributed by atoms with Crippen molar-refractivity contribution >= 4 is 11.5 Å². The first-order chi connectivity index (χ1) is 6.38. The molecule has 2 rings (SSSR count). The molecule has 0 unspecified atom stereocenters. The van der Waals surface area contributed by atoms with E-state index in [1.165, 1.54) is 0 Å². The fourth-order valence-corrected chi connectivity index (χ4v) is 1.52. The van der Waals surface area contributed by atoms with Gasteiger partial charge in [-0.3, -0.25) is 5.41 Å². The smallest absolute Gasteiger partial charge is 0.115 e. The highest BCUT2D eigenvalue weighted by Crippen LogP contribution is 2.13. The molecule has 1 aromatic rings. The van der Waals surface area contributed by atoms with Crippen molar-refractivity contribution in [2.75, 3.05) is 24.5 Å². The van der Waals surface area contributed by atoms with Gasteiger partial charge < -0.3 is 10.2 Å². The van der Waals surface area contributed by atoms with Crippen LogP contribution in [0.1, 0.15) is 0 Å². The van der Waals surface area contributed by atoms with Crippen LogP contribution in [0.4, 0.5) is 5.69 Å². The Kier molecular flexibility index (Phi) is 2.27. The minimum Gasteiger partial charge on any atom is -0.328 e. The third-order valence-electron chi connectivity index (χ3n) is 2.20. The number of benzene rings is 1. The van der Waals surface area contributed by atoms with Gasteiger partial charge in [-0.15, -0.1) is 0 Å². The molecule has 1 aliphatic rings. The topological polar surface area (TPSA) is 39.1 Å². The zero-order chi connectivity index (χ0) is 9.10. The molecular weight excluding hydrogens is 162 g/mol. The largest absolute Gasteiger partial charge is 0.328 e. The van der Waals surface area contributed by atoms with Gasteiger partial charge in [0.05, 0.1) is 6.54 Å². The number of anilines is 1. The molecule has 0 aromatic heterocycles. The summed E-state index contributed by atoms with van der Waals surface area (Å²) in [5.74, 6) is 0.650. The van der Waals surface area contributed by atoms with Crippen molar-refractivity contribution in [2.24, 2.45) is 0 Å². The summed E-state index contributed by atoms with van der Waals surface area (Å²) in [5, 5.41) is 10.9. The van der Waals surface area contributed by atoms with Crippen LogP contribution in [-0.4, -0.2) is 25.5 Å². The molecule has 0 radical (unpaired) electrons. The average Bonchev–Trinajstić information content (AvgIpc) is 2.20. The Morgan fingerprint density at radius 3 is 2.69 bits per heavy atom. The van der Waals surface area contributed by atoms with Crippen LogP contribution in [0, 0.1) is 5.41 Å². The molecule has 2 N–H and O–H groups in total. The predicted octanol–water partition coefficient (Wildman–Crippen LogP) is 1.07. The second-order valence-corrected chi connectivity index (χ2v) is 3.11. The first-order valence-corrected chi connectivity index (χ1v) is 4.48. The second-order valence-electron chi connectivity index (χ2n) is 3.11. The normalized spacial score (nSPS) is 17.5. The first-order valence-electron chi connectivity index (χ1n) is 4.48. The monoisotopic (exact) mass is 175 g/mol. The molecule has 0 spiro atoms. The summed E-state index contributed by atoms with van der Waals surface area (Å²) in [4.78, 5) is 2.04. The lowest BCUT2D eigenvalue weighted by Crippen LogP contribution is -2.47. The van der Waals surface area contributed by atoms with E-state index >= 15 is 0 Å². The summed E-state index contributed by atoms with van der Waals surface area (Å²) < 4.78 is 0. The quantitative estimate of drug-likeness (QED) is 0.670. The van der Waals surface area contributed by atoms with E-state index in [-0.39, 0.29) is 0 Å². The lowest BCUT2D eigenvalue weighted by atomic mass is 10.2. The summed E-state index contributed by atoms with van der Waals surface area (Å²) >= 11 is 0. The van der Waals surface area contributed by atoms with Crippen LogP contribution in [0.25, 0.3) is 0 Å². The Bertz CT molecular complexity index is 294. The molecule has 1 saturated heterocycles. The van der Waals surface area contributed by atoms with Gasteiger partial charge in [-0.05, 0) is 12.1 Å². The van der Waals surface area contributed by atoms with Crippen LogP contribution in [-0.2, 0) is 0 Å². The third-order valence-corrected chi connectivity index (χ3v) is 2.20. The number of nitrogens with zero attached hydrogens (tertiary/aromatic N) is 1. The van der Waals surface area contributed by atoms with Gasteiger partial charge in [0.25, 0.3) is 0 Å². The van der Waals surface area contributed by atoms with Gasteiger partial charge in [0, 0.05) is 18.8 Å². The highest BCUT2D eigenvalue weighted by Gasteiger charge is 2.14. The fraction of sp³-hybridized carbons (Fsp3) is 0.300. The molecule has 1 fully saturated rings. The Morgan fingerprint density at radius 2 is 2.00 bits per heavy atom. The molecule has 3 heteroatoms. The van der Waals surface area contributed by atoms with E-state index < -0.39 is 0 Å². The van der Waals surface area contributed by atoms with Crippen LogP contribution in [0.15, 0.2) is 30.3 Å². The van der Waals surface area contributed by atoms with Crippen molar-refractivity contribution in [1.82, 2.24) is 5.32 Å². The minimum absolute atomic E-state index is 0.650. The van der Waals surface area contributed by atoms with E-state index in [1.807, 2.05) is 35.2 Å². The number of rotatable bonds is 1. The maximum Gasteiger partial charge on any atom is 0.115 e. The maximum atomic E-state index is 7.75. The number of para-hydroxylation sites is 1. The van der Waals surface area contributed by atoms with Gasteiger partial charge in [-0.1, -0.05) is 18.2 Å². The summed E-state index contributed by atoms with van der Waals surface area (Å²) in [7, 11) is 0. The predicted molar refractivity (Wildman–Crippen MR) is 54.4 cm³/mol. The van der Waals surface area contributed by atoms with E-state index in [0.29, 0.717) is 12.4 Å². The SMILES string of the molecule is N=C1CNCCN1c1ccccc1. The van der Waals surface area contributed by atoms with E-state index in [4.69, 9.17) is 5.41 Å². The molecular formula is C10H13N3. The minimum atomic E-state index is 0.650. The Morgan fingerprint density at radius 1 is 1.23 bits per heavy atom. The molecule has 13 heavy (non-hydrogen) atoms. The van der Waals surface area contributed by atoms with E-state index in [9.17, 15) is 0 Å². The first kappa shape index (κ1) is 8.26. The fourth-order valence-electron chi connectivity index (χ4n) is 1.52. The Hall–Kier alpha value is -1.35. The van der Waals surface area contributed by atoms with Gasteiger partial charge in [0.15, 0.2) is 0 Å². The molecule has 1 heterocycles. The lowest BCUT2D eigenvalue weighted by molar-refractivity contribution is 0.709. The van der Waals surface area contributed by atoms with Gasteiger partial charge in [-0.25, -0.2) is 0 Å². The van der Waals surface area contributed by atoms with Gasteiger partial charge in [-0.2, -0.15) is 0 Å². The molecule has 0 bridgehead atoms. The standard InChI is InChI=1S/C10H13N3/c11-10-8-12-6-7-13(10)9-4-2-1-3-5-9/h1-5,11-12H,6-8H2. The number of piperazine rings is 1. The number of nitrogens with one attached hydrogen (secondary N) is 2. The van der Waals surface area contributed by atoms with Gasteiger partial charge in [0.1, 0.15) is 5.84 Å². The molecule has 0 amide bonds. The van der Waals surface area contributed by atoms with Crippen LogP contribution < -0.4 is 10.2 Å². The second kappa shape index (κ2) is 3.58. The highest BCUT2D eigenvalue weighted by molar-refractivity contribution is 5.97. The summed E-state index contributed by atoms with van der Waals surface area (Å²) in [5.41, 5.74) is 1.12. The molecule has 68 valence electrons. The van der Waals surface area contributed by atoms with Crippen molar-refractivity contribution in [3.63, 3.8) is 0 Å². The van der Waals surface area contributed by atoms with Crippen molar-refractivity contribution in [3.05, 3.63) is 30.3 Å².